The zero-order chi connectivity index (χ0) is 10.4. The van der Waals surface area contributed by atoms with Crippen LogP contribution in [0, 0.1) is 0 Å². The van der Waals surface area contributed by atoms with Gasteiger partial charge in [-0.05, 0) is 6.07 Å². The first-order valence-corrected chi connectivity index (χ1v) is 4.67. The highest BCUT2D eigenvalue weighted by atomic mass is 16.6. The average Bonchev–Trinajstić information content (AvgIpc) is 2.59. The van der Waals surface area contributed by atoms with Crippen molar-refractivity contribution in [2.45, 2.75) is 6.61 Å². The minimum atomic E-state index is 0.420. The molecule has 2 N–H and O–H groups in total. The summed E-state index contributed by atoms with van der Waals surface area (Å²) in [6.45, 7) is 0.435. The molecule has 2 aromatic rings. The van der Waals surface area contributed by atoms with Gasteiger partial charge in [-0.3, -0.25) is 4.68 Å². The molecule has 0 spiro atoms. The number of fused-ring (bicyclic) bond motifs is 3. The molecule has 1 aromatic heterocycles. The topological polar surface area (TPSA) is 65.4 Å². The summed E-state index contributed by atoms with van der Waals surface area (Å²) in [7, 11) is 1.90. The lowest BCUT2D eigenvalue weighted by Crippen LogP contribution is -2.20. The van der Waals surface area contributed by atoms with Gasteiger partial charge in [-0.1, -0.05) is 11.2 Å². The summed E-state index contributed by atoms with van der Waals surface area (Å²) in [4.78, 5) is 5.04. The number of oxime groups is 1. The fourth-order valence-electron chi connectivity index (χ4n) is 1.87. The second-order valence-corrected chi connectivity index (χ2v) is 3.58. The standard InChI is InChI=1S/C10H10N4O/c1-14-4-6-2-3-7-8(9(6)12-14)5-15-13-10(7)11/h2-4H,5H2,1H3,(H2,11,13). The number of hydrogen-bond acceptors (Lipinski definition) is 4. The van der Waals surface area contributed by atoms with Gasteiger partial charge >= 0.3 is 0 Å². The summed E-state index contributed by atoms with van der Waals surface area (Å²) >= 11 is 0. The van der Waals surface area contributed by atoms with Crippen molar-refractivity contribution in [1.82, 2.24) is 9.78 Å². The Morgan fingerprint density at radius 1 is 1.47 bits per heavy atom. The summed E-state index contributed by atoms with van der Waals surface area (Å²) in [5.74, 6) is 0.420. The van der Waals surface area contributed by atoms with Crippen LogP contribution in [0.25, 0.3) is 10.9 Å². The van der Waals surface area contributed by atoms with Crippen LogP contribution < -0.4 is 5.73 Å². The molecular formula is C10H10N4O. The Balaban J connectivity index is 2.38. The molecule has 0 aliphatic carbocycles. The van der Waals surface area contributed by atoms with Gasteiger partial charge in [0.05, 0.1) is 5.52 Å². The zero-order valence-corrected chi connectivity index (χ0v) is 8.27. The van der Waals surface area contributed by atoms with Crippen molar-refractivity contribution in [3.05, 3.63) is 29.5 Å². The van der Waals surface area contributed by atoms with E-state index in [1.54, 1.807) is 4.68 Å². The fourth-order valence-corrected chi connectivity index (χ4v) is 1.87. The minimum absolute atomic E-state index is 0.420. The third-order valence-electron chi connectivity index (χ3n) is 2.55. The highest BCUT2D eigenvalue weighted by molar-refractivity contribution is 6.02. The third kappa shape index (κ3) is 1.09. The molecular weight excluding hydrogens is 192 g/mol. The minimum Gasteiger partial charge on any atom is -0.389 e. The Labute approximate surface area is 86.1 Å². The first-order chi connectivity index (χ1) is 7.25. The molecule has 0 bridgehead atoms. The molecule has 0 atom stereocenters. The maximum absolute atomic E-state index is 5.73. The van der Waals surface area contributed by atoms with Gasteiger partial charge in [0.15, 0.2) is 5.84 Å². The second kappa shape index (κ2) is 2.73. The van der Waals surface area contributed by atoms with Crippen molar-refractivity contribution < 1.29 is 4.84 Å². The molecule has 5 nitrogen and oxygen atoms in total. The molecule has 5 heteroatoms. The lowest BCUT2D eigenvalue weighted by atomic mass is 10.0. The molecule has 0 unspecified atom stereocenters. The number of aromatic nitrogens is 2. The van der Waals surface area contributed by atoms with E-state index in [1.165, 1.54) is 0 Å². The Hall–Kier alpha value is -2.04. The Morgan fingerprint density at radius 3 is 3.20 bits per heavy atom. The highest BCUT2D eigenvalue weighted by Crippen LogP contribution is 2.24. The number of nitrogens with two attached hydrogens (primary N) is 1. The van der Waals surface area contributed by atoms with E-state index >= 15 is 0 Å². The van der Waals surface area contributed by atoms with Crippen LogP contribution in [0.4, 0.5) is 0 Å². The number of hydrogen-bond donors (Lipinski definition) is 1. The zero-order valence-electron chi connectivity index (χ0n) is 8.27. The van der Waals surface area contributed by atoms with Crippen LogP contribution in [0.1, 0.15) is 11.1 Å². The van der Waals surface area contributed by atoms with Crippen LogP contribution in [0.15, 0.2) is 23.5 Å². The van der Waals surface area contributed by atoms with E-state index < -0.39 is 0 Å². The molecule has 76 valence electrons. The third-order valence-corrected chi connectivity index (χ3v) is 2.55. The Bertz CT molecular complexity index is 570. The maximum Gasteiger partial charge on any atom is 0.170 e. The first kappa shape index (κ1) is 8.28. The summed E-state index contributed by atoms with van der Waals surface area (Å²) in [6, 6.07) is 3.95. The predicted octanol–water partition coefficient (Wildman–Crippen LogP) is 0.724. The Kier molecular flexibility index (Phi) is 1.50. The lowest BCUT2D eigenvalue weighted by Gasteiger charge is -2.13. The van der Waals surface area contributed by atoms with Crippen molar-refractivity contribution in [2.24, 2.45) is 17.9 Å². The number of nitrogens with zero attached hydrogens (tertiary/aromatic N) is 3. The van der Waals surface area contributed by atoms with Gasteiger partial charge in [0, 0.05) is 29.8 Å². The summed E-state index contributed by atoms with van der Waals surface area (Å²) < 4.78 is 1.78. The van der Waals surface area contributed by atoms with Crippen molar-refractivity contribution in [1.29, 1.82) is 0 Å². The van der Waals surface area contributed by atoms with E-state index in [9.17, 15) is 0 Å². The van der Waals surface area contributed by atoms with Gasteiger partial charge in [-0.15, -0.1) is 0 Å². The molecule has 1 aromatic carbocycles. The number of aryl methyl sites for hydroxylation is 1. The summed E-state index contributed by atoms with van der Waals surface area (Å²) in [6.07, 6.45) is 1.97. The van der Waals surface area contributed by atoms with Gasteiger partial charge in [-0.2, -0.15) is 5.10 Å². The van der Waals surface area contributed by atoms with E-state index in [0.29, 0.717) is 12.4 Å². The number of rotatable bonds is 0. The van der Waals surface area contributed by atoms with Crippen molar-refractivity contribution in [2.75, 3.05) is 0 Å². The van der Waals surface area contributed by atoms with Gasteiger partial charge in [0.2, 0.25) is 0 Å². The molecule has 15 heavy (non-hydrogen) atoms. The van der Waals surface area contributed by atoms with E-state index in [-0.39, 0.29) is 0 Å². The Morgan fingerprint density at radius 2 is 2.33 bits per heavy atom. The molecule has 0 radical (unpaired) electrons. The molecule has 0 saturated carbocycles. The largest absolute Gasteiger partial charge is 0.389 e. The lowest BCUT2D eigenvalue weighted by molar-refractivity contribution is 0.126. The van der Waals surface area contributed by atoms with Crippen molar-refractivity contribution in [3.63, 3.8) is 0 Å². The van der Waals surface area contributed by atoms with Gasteiger partial charge in [-0.25, -0.2) is 0 Å². The normalized spacial score (nSPS) is 14.6. The van der Waals surface area contributed by atoms with Crippen LogP contribution in [-0.2, 0) is 18.5 Å². The van der Waals surface area contributed by atoms with Crippen molar-refractivity contribution >= 4 is 16.7 Å². The number of benzene rings is 1. The van der Waals surface area contributed by atoms with Gasteiger partial charge in [0.1, 0.15) is 6.61 Å². The van der Waals surface area contributed by atoms with Gasteiger partial charge in [0.25, 0.3) is 0 Å². The quantitative estimate of drug-likeness (QED) is 0.684. The molecule has 0 fully saturated rings. The van der Waals surface area contributed by atoms with E-state index in [4.69, 9.17) is 10.6 Å². The summed E-state index contributed by atoms with van der Waals surface area (Å²) in [5, 5.41) is 9.22. The summed E-state index contributed by atoms with van der Waals surface area (Å²) in [5.41, 5.74) is 8.61. The van der Waals surface area contributed by atoms with Crippen LogP contribution >= 0.6 is 0 Å². The fraction of sp³-hybridized carbons (Fsp3) is 0.200. The highest BCUT2D eigenvalue weighted by Gasteiger charge is 2.17. The van der Waals surface area contributed by atoms with Crippen molar-refractivity contribution in [3.8, 4) is 0 Å². The van der Waals surface area contributed by atoms with E-state index in [1.807, 2.05) is 25.4 Å². The average molecular weight is 202 g/mol. The maximum atomic E-state index is 5.73. The molecule has 3 rings (SSSR count). The molecule has 2 heterocycles. The van der Waals surface area contributed by atoms with E-state index in [2.05, 4.69) is 10.3 Å². The van der Waals surface area contributed by atoms with Crippen LogP contribution in [0.2, 0.25) is 0 Å². The second-order valence-electron chi connectivity index (χ2n) is 3.58. The smallest absolute Gasteiger partial charge is 0.170 e. The van der Waals surface area contributed by atoms with E-state index in [0.717, 1.165) is 22.0 Å². The monoisotopic (exact) mass is 202 g/mol. The first-order valence-electron chi connectivity index (χ1n) is 4.67. The predicted molar refractivity (Wildman–Crippen MR) is 56.2 cm³/mol. The molecule has 1 aliphatic heterocycles. The van der Waals surface area contributed by atoms with Crippen LogP contribution in [0.5, 0.6) is 0 Å². The SMILES string of the molecule is Cn1cc2ccc3c(c2n1)CON=C3N. The molecule has 0 saturated heterocycles. The van der Waals surface area contributed by atoms with Crippen LogP contribution in [-0.4, -0.2) is 15.6 Å². The number of amidine groups is 1. The molecule has 0 amide bonds. The van der Waals surface area contributed by atoms with Crippen LogP contribution in [0.3, 0.4) is 0 Å². The van der Waals surface area contributed by atoms with Gasteiger partial charge < -0.3 is 10.6 Å². The molecule has 1 aliphatic rings.